The van der Waals surface area contributed by atoms with Crippen LogP contribution in [0.25, 0.3) is 31.8 Å². The minimum atomic E-state index is -3.91. The number of rotatable bonds is 6. The molecule has 0 unspecified atom stereocenters. The smallest absolute Gasteiger partial charge is 0.261 e. The van der Waals surface area contributed by atoms with Crippen LogP contribution >= 0.6 is 22.9 Å². The second-order valence-corrected chi connectivity index (χ2v) is 11.2. The number of thiophene rings is 1. The van der Waals surface area contributed by atoms with Gasteiger partial charge >= 0.3 is 0 Å². The number of aryl methyl sites for hydroxylation is 2. The Bertz CT molecular complexity index is 1660. The monoisotopic (exact) mass is 524 g/mol. The number of aromatic amines is 1. The van der Waals surface area contributed by atoms with E-state index in [-0.39, 0.29) is 4.90 Å². The molecule has 3 aromatic heterocycles. The number of methoxy groups -OCH3 is 1. The van der Waals surface area contributed by atoms with Gasteiger partial charge < -0.3 is 4.74 Å². The predicted octanol–water partition coefficient (Wildman–Crippen LogP) is 6.43. The second kappa shape index (κ2) is 8.99. The molecule has 0 fully saturated rings. The Hall–Kier alpha value is -3.40. The molecular formula is C25H21ClN4O3S2. The highest BCUT2D eigenvalue weighted by Crippen LogP contribution is 2.48. The molecule has 0 amide bonds. The van der Waals surface area contributed by atoms with Crippen molar-refractivity contribution in [3.63, 3.8) is 0 Å². The first-order valence-electron chi connectivity index (χ1n) is 10.6. The van der Waals surface area contributed by atoms with Crippen LogP contribution in [-0.4, -0.2) is 30.7 Å². The number of anilines is 1. The quantitative estimate of drug-likeness (QED) is 0.266. The largest absolute Gasteiger partial charge is 0.497 e. The van der Waals surface area contributed by atoms with E-state index in [1.165, 1.54) is 23.5 Å². The molecule has 0 atom stereocenters. The second-order valence-electron chi connectivity index (χ2n) is 8.09. The Kier molecular flexibility index (Phi) is 6.00. The van der Waals surface area contributed by atoms with E-state index in [4.69, 9.17) is 21.3 Å². The molecular weight excluding hydrogens is 504 g/mol. The summed E-state index contributed by atoms with van der Waals surface area (Å²) in [4.78, 5) is 6.44. The van der Waals surface area contributed by atoms with E-state index in [0.717, 1.165) is 27.1 Å². The molecule has 2 aromatic carbocycles. The molecule has 0 aliphatic rings. The molecule has 0 radical (unpaired) electrons. The van der Waals surface area contributed by atoms with Gasteiger partial charge in [0.25, 0.3) is 10.0 Å². The van der Waals surface area contributed by atoms with Gasteiger partial charge in [-0.15, -0.1) is 11.3 Å². The van der Waals surface area contributed by atoms with Crippen molar-refractivity contribution in [2.24, 2.45) is 0 Å². The molecule has 0 spiro atoms. The van der Waals surface area contributed by atoms with Gasteiger partial charge in [0.2, 0.25) is 0 Å². The molecule has 2 N–H and O–H groups in total. The fraction of sp³-hybridized carbons (Fsp3) is 0.120. The lowest BCUT2D eigenvalue weighted by molar-refractivity contribution is 0.414. The Balaban J connectivity index is 1.80. The minimum absolute atomic E-state index is 0.0803. The number of fused-ring (bicyclic) bond motifs is 1. The zero-order valence-electron chi connectivity index (χ0n) is 19.1. The van der Waals surface area contributed by atoms with Crippen LogP contribution < -0.4 is 9.46 Å². The zero-order valence-corrected chi connectivity index (χ0v) is 21.5. The topological polar surface area (TPSA) is 97.0 Å². The van der Waals surface area contributed by atoms with Gasteiger partial charge in [0, 0.05) is 38.3 Å². The molecule has 35 heavy (non-hydrogen) atoms. The molecule has 5 aromatic rings. The van der Waals surface area contributed by atoms with Crippen molar-refractivity contribution < 1.29 is 13.2 Å². The molecule has 0 bridgehead atoms. The summed E-state index contributed by atoms with van der Waals surface area (Å²) < 4.78 is 35.0. The number of nitrogens with zero attached hydrogens (tertiary/aromatic N) is 2. The summed E-state index contributed by atoms with van der Waals surface area (Å²) in [7, 11) is -2.29. The first kappa shape index (κ1) is 23.3. The third-order valence-corrected chi connectivity index (χ3v) is 8.21. The average Bonchev–Trinajstić information content (AvgIpc) is 3.46. The van der Waals surface area contributed by atoms with E-state index in [9.17, 15) is 8.42 Å². The van der Waals surface area contributed by atoms with Crippen molar-refractivity contribution in [2.75, 3.05) is 11.8 Å². The number of benzene rings is 2. The molecule has 0 saturated carbocycles. The van der Waals surface area contributed by atoms with E-state index < -0.39 is 10.0 Å². The fourth-order valence-corrected chi connectivity index (χ4v) is 6.62. The molecule has 0 aliphatic carbocycles. The maximum absolute atomic E-state index is 13.3. The molecule has 0 aliphatic heterocycles. The lowest BCUT2D eigenvalue weighted by atomic mass is 9.98. The maximum atomic E-state index is 13.3. The molecule has 7 nitrogen and oxygen atoms in total. The van der Waals surface area contributed by atoms with Crippen molar-refractivity contribution in [1.82, 2.24) is 15.2 Å². The summed E-state index contributed by atoms with van der Waals surface area (Å²) in [6.45, 7) is 3.83. The van der Waals surface area contributed by atoms with Crippen LogP contribution in [0.1, 0.15) is 11.3 Å². The Morgan fingerprint density at radius 3 is 2.63 bits per heavy atom. The van der Waals surface area contributed by atoms with Gasteiger partial charge in [0.1, 0.15) is 10.6 Å². The summed E-state index contributed by atoms with van der Waals surface area (Å²) in [5.41, 5.74) is 4.76. The number of ether oxygens (including phenoxy) is 1. The van der Waals surface area contributed by atoms with Gasteiger partial charge in [-0.25, -0.2) is 13.4 Å². The highest BCUT2D eigenvalue weighted by atomic mass is 35.5. The molecule has 0 saturated heterocycles. The van der Waals surface area contributed by atoms with Crippen molar-refractivity contribution in [3.8, 4) is 27.3 Å². The highest BCUT2D eigenvalue weighted by molar-refractivity contribution is 7.92. The highest BCUT2D eigenvalue weighted by Gasteiger charge is 2.24. The number of sulfonamides is 1. The third kappa shape index (κ3) is 4.50. The van der Waals surface area contributed by atoms with Gasteiger partial charge in [-0.05, 0) is 61.4 Å². The van der Waals surface area contributed by atoms with Crippen LogP contribution in [0.2, 0.25) is 5.02 Å². The van der Waals surface area contributed by atoms with E-state index >= 15 is 0 Å². The van der Waals surface area contributed by atoms with E-state index in [2.05, 4.69) is 14.9 Å². The third-order valence-electron chi connectivity index (χ3n) is 5.48. The average molecular weight is 525 g/mol. The Labute approximate surface area is 211 Å². The summed E-state index contributed by atoms with van der Waals surface area (Å²) in [5, 5.41) is 8.02. The standard InChI is InChI=1S/C25H21ClN4O3S2/c1-14-7-16(10-19(8-14)33-3)22-23-21(30-35(31,32)20-6-4-5-18(26)11-20)9-15(2)29-25(23)34-24(22)17-12-27-28-13-17/h4-13H,1-3H3,(H,27,28)(H,29,30). The van der Waals surface area contributed by atoms with Crippen LogP contribution in [0.15, 0.2) is 65.8 Å². The normalized spacial score (nSPS) is 11.7. The fourth-order valence-electron chi connectivity index (χ4n) is 4.00. The number of aromatic nitrogens is 3. The van der Waals surface area contributed by atoms with Crippen molar-refractivity contribution >= 4 is 48.9 Å². The number of hydrogen-bond acceptors (Lipinski definition) is 6. The van der Waals surface area contributed by atoms with Crippen LogP contribution in [0.5, 0.6) is 5.75 Å². The number of hydrogen-bond donors (Lipinski definition) is 2. The van der Waals surface area contributed by atoms with Crippen LogP contribution in [0.3, 0.4) is 0 Å². The van der Waals surface area contributed by atoms with Gasteiger partial charge in [-0.3, -0.25) is 9.82 Å². The minimum Gasteiger partial charge on any atom is -0.497 e. The van der Waals surface area contributed by atoms with Crippen LogP contribution in [0, 0.1) is 13.8 Å². The summed E-state index contributed by atoms with van der Waals surface area (Å²) >= 11 is 7.54. The molecule has 5 rings (SSSR count). The Morgan fingerprint density at radius 2 is 1.91 bits per heavy atom. The number of pyridine rings is 1. The van der Waals surface area contributed by atoms with Crippen molar-refractivity contribution in [1.29, 1.82) is 0 Å². The first-order chi connectivity index (χ1) is 16.7. The van der Waals surface area contributed by atoms with Gasteiger partial charge in [0.15, 0.2) is 0 Å². The van der Waals surface area contributed by atoms with Gasteiger partial charge in [-0.2, -0.15) is 5.10 Å². The molecule has 3 heterocycles. The molecule has 10 heteroatoms. The number of halogens is 1. The van der Waals surface area contributed by atoms with Crippen LogP contribution in [0.4, 0.5) is 5.69 Å². The summed E-state index contributed by atoms with van der Waals surface area (Å²) in [6.07, 6.45) is 3.55. The predicted molar refractivity (Wildman–Crippen MR) is 141 cm³/mol. The number of H-pyrrole nitrogens is 1. The van der Waals surface area contributed by atoms with Gasteiger partial charge in [-0.1, -0.05) is 23.7 Å². The summed E-state index contributed by atoms with van der Waals surface area (Å²) in [5.74, 6) is 0.707. The SMILES string of the molecule is COc1cc(C)cc(-c2c(-c3cn[nH]c3)sc3nc(C)cc(NS(=O)(=O)c4cccc(Cl)c4)c23)c1. The lowest BCUT2D eigenvalue weighted by Crippen LogP contribution is -2.13. The zero-order chi connectivity index (χ0) is 24.7. The summed E-state index contributed by atoms with van der Waals surface area (Å²) in [6, 6.07) is 13.8. The number of nitrogens with one attached hydrogen (secondary N) is 2. The van der Waals surface area contributed by atoms with E-state index in [1.54, 1.807) is 31.5 Å². The maximum Gasteiger partial charge on any atom is 0.261 e. The van der Waals surface area contributed by atoms with E-state index in [1.807, 2.05) is 38.2 Å². The first-order valence-corrected chi connectivity index (χ1v) is 13.3. The van der Waals surface area contributed by atoms with E-state index in [0.29, 0.717) is 32.4 Å². The van der Waals surface area contributed by atoms with Crippen LogP contribution in [-0.2, 0) is 10.0 Å². The van der Waals surface area contributed by atoms with Crippen molar-refractivity contribution in [2.45, 2.75) is 18.7 Å². The Morgan fingerprint density at radius 1 is 1.09 bits per heavy atom. The van der Waals surface area contributed by atoms with Gasteiger partial charge in [0.05, 0.1) is 23.9 Å². The molecule has 178 valence electrons. The van der Waals surface area contributed by atoms with Crippen molar-refractivity contribution in [3.05, 3.63) is 77.2 Å². The lowest BCUT2D eigenvalue weighted by Gasteiger charge is -2.13.